The summed E-state index contributed by atoms with van der Waals surface area (Å²) in [5, 5.41) is -0.564. The van der Waals surface area contributed by atoms with Crippen molar-refractivity contribution in [2.24, 2.45) is 5.84 Å². The van der Waals surface area contributed by atoms with Crippen LogP contribution >= 0.6 is 23.2 Å². The van der Waals surface area contributed by atoms with Gasteiger partial charge < -0.3 is 0 Å². The molecule has 0 aliphatic carbocycles. The first kappa shape index (κ1) is 20.3. The SMILES string of the molecule is NNC(=O)c1ccc(Cl)cc1NS(=O)(=O)c1ccc(Cl)c(C(F)(F)F)c1. The molecule has 12 heteroatoms. The molecular formula is C14H10Cl2F3N3O3S. The number of hydrogen-bond acceptors (Lipinski definition) is 4. The van der Waals surface area contributed by atoms with E-state index >= 15 is 0 Å². The molecule has 6 nitrogen and oxygen atoms in total. The number of hydrogen-bond donors (Lipinski definition) is 3. The number of hydrazine groups is 1. The molecule has 0 radical (unpaired) electrons. The van der Waals surface area contributed by atoms with Gasteiger partial charge >= 0.3 is 6.18 Å². The summed E-state index contributed by atoms with van der Waals surface area (Å²) in [4.78, 5) is 11.0. The van der Waals surface area contributed by atoms with E-state index in [2.05, 4.69) is 0 Å². The summed E-state index contributed by atoms with van der Waals surface area (Å²) in [5.41, 5.74) is 0.0724. The number of carbonyl (C=O) groups excluding carboxylic acids is 1. The van der Waals surface area contributed by atoms with Gasteiger partial charge in [-0.3, -0.25) is 14.9 Å². The molecule has 0 atom stereocenters. The standard InChI is InChI=1S/C14H10Cl2F3N3O3S/c15-7-1-3-9(13(23)21-20)12(5-7)22-26(24,25)8-2-4-11(16)10(6-8)14(17,18)19/h1-6,22H,20H2,(H,21,23). The third-order valence-corrected chi connectivity index (χ3v) is 5.08. The number of nitrogens with two attached hydrogens (primary N) is 1. The molecule has 2 aromatic rings. The number of alkyl halides is 3. The van der Waals surface area contributed by atoms with Crippen LogP contribution in [-0.2, 0) is 16.2 Å². The molecule has 0 aliphatic heterocycles. The second-order valence-electron chi connectivity index (χ2n) is 4.91. The van der Waals surface area contributed by atoms with E-state index in [0.717, 1.165) is 18.2 Å². The van der Waals surface area contributed by atoms with Crippen molar-refractivity contribution in [2.75, 3.05) is 4.72 Å². The number of nitrogens with one attached hydrogen (secondary N) is 2. The zero-order valence-electron chi connectivity index (χ0n) is 12.6. The minimum atomic E-state index is -4.84. The van der Waals surface area contributed by atoms with E-state index in [4.69, 9.17) is 29.0 Å². The number of rotatable bonds is 4. The molecule has 0 aromatic heterocycles. The lowest BCUT2D eigenvalue weighted by Gasteiger charge is -2.14. The Hall–Kier alpha value is -2.01. The number of sulfonamides is 1. The quantitative estimate of drug-likeness (QED) is 0.395. The Bertz CT molecular complexity index is 966. The van der Waals surface area contributed by atoms with Gasteiger partial charge in [-0.15, -0.1) is 0 Å². The van der Waals surface area contributed by atoms with Crippen molar-refractivity contribution >= 4 is 44.8 Å². The van der Waals surface area contributed by atoms with Gasteiger partial charge in [0.15, 0.2) is 0 Å². The summed E-state index contributed by atoms with van der Waals surface area (Å²) >= 11 is 11.3. The predicted octanol–water partition coefficient (Wildman–Crippen LogP) is 3.42. The number of amides is 1. The van der Waals surface area contributed by atoms with Crippen LogP contribution in [0.4, 0.5) is 18.9 Å². The molecule has 0 fully saturated rings. The number of halogens is 5. The Morgan fingerprint density at radius 1 is 1.08 bits per heavy atom. The highest BCUT2D eigenvalue weighted by Crippen LogP contribution is 2.36. The molecule has 0 unspecified atom stereocenters. The Morgan fingerprint density at radius 3 is 2.31 bits per heavy atom. The maximum Gasteiger partial charge on any atom is 0.417 e. The molecule has 0 saturated carbocycles. The Kier molecular flexibility index (Phi) is 5.71. The molecule has 2 aromatic carbocycles. The molecule has 0 heterocycles. The summed E-state index contributed by atoms with van der Waals surface area (Å²) in [6.07, 6.45) is -4.84. The van der Waals surface area contributed by atoms with Crippen LogP contribution in [0, 0.1) is 0 Å². The third-order valence-electron chi connectivity index (χ3n) is 3.16. The van der Waals surface area contributed by atoms with Gasteiger partial charge in [0, 0.05) is 5.02 Å². The first-order valence-electron chi connectivity index (χ1n) is 6.66. The number of anilines is 1. The van der Waals surface area contributed by atoms with E-state index in [1.54, 1.807) is 0 Å². The van der Waals surface area contributed by atoms with Crippen molar-refractivity contribution in [1.29, 1.82) is 0 Å². The van der Waals surface area contributed by atoms with E-state index in [1.165, 1.54) is 12.1 Å². The van der Waals surface area contributed by atoms with Crippen molar-refractivity contribution in [3.63, 3.8) is 0 Å². The van der Waals surface area contributed by atoms with Crippen LogP contribution < -0.4 is 16.0 Å². The van der Waals surface area contributed by atoms with Gasteiger partial charge in [0.05, 0.1) is 26.7 Å². The van der Waals surface area contributed by atoms with E-state index in [0.29, 0.717) is 6.07 Å². The first-order valence-corrected chi connectivity index (χ1v) is 8.89. The lowest BCUT2D eigenvalue weighted by molar-refractivity contribution is -0.137. The monoisotopic (exact) mass is 427 g/mol. The fourth-order valence-electron chi connectivity index (χ4n) is 1.97. The summed E-state index contributed by atoms with van der Waals surface area (Å²) in [7, 11) is -4.48. The first-order chi connectivity index (χ1) is 12.0. The molecule has 4 N–H and O–H groups in total. The zero-order valence-corrected chi connectivity index (χ0v) is 14.9. The number of carbonyl (C=O) groups is 1. The number of benzene rings is 2. The average Bonchev–Trinajstić information content (AvgIpc) is 2.53. The van der Waals surface area contributed by atoms with Gasteiger partial charge in [0.25, 0.3) is 15.9 Å². The van der Waals surface area contributed by atoms with Gasteiger partial charge in [-0.25, -0.2) is 14.3 Å². The molecule has 0 saturated heterocycles. The summed E-state index contributed by atoms with van der Waals surface area (Å²) in [6.45, 7) is 0. The summed E-state index contributed by atoms with van der Waals surface area (Å²) in [5.74, 6) is 4.19. The highest BCUT2D eigenvalue weighted by atomic mass is 35.5. The minimum absolute atomic E-state index is 0.0864. The molecule has 2 rings (SSSR count). The Labute approximate surface area is 156 Å². The lowest BCUT2D eigenvalue weighted by atomic mass is 10.2. The highest BCUT2D eigenvalue weighted by Gasteiger charge is 2.34. The third kappa shape index (κ3) is 4.39. The van der Waals surface area contributed by atoms with Gasteiger partial charge in [-0.1, -0.05) is 23.2 Å². The van der Waals surface area contributed by atoms with Crippen molar-refractivity contribution < 1.29 is 26.4 Å². The molecule has 0 bridgehead atoms. The minimum Gasteiger partial charge on any atom is -0.290 e. The smallest absolute Gasteiger partial charge is 0.290 e. The fraction of sp³-hybridized carbons (Fsp3) is 0.0714. The summed E-state index contributed by atoms with van der Waals surface area (Å²) in [6, 6.07) is 5.72. The highest BCUT2D eigenvalue weighted by molar-refractivity contribution is 7.92. The van der Waals surface area contributed by atoms with Crippen molar-refractivity contribution in [3.8, 4) is 0 Å². The van der Waals surface area contributed by atoms with E-state index < -0.39 is 37.6 Å². The van der Waals surface area contributed by atoms with Gasteiger partial charge in [-0.05, 0) is 36.4 Å². The van der Waals surface area contributed by atoms with Crippen LogP contribution in [0.25, 0.3) is 0 Å². The van der Waals surface area contributed by atoms with Crippen LogP contribution in [0.3, 0.4) is 0 Å². The molecular weight excluding hydrogens is 418 g/mol. The second-order valence-corrected chi connectivity index (χ2v) is 7.43. The molecule has 0 spiro atoms. The van der Waals surface area contributed by atoms with Crippen LogP contribution in [0.15, 0.2) is 41.3 Å². The second kappa shape index (κ2) is 7.31. The van der Waals surface area contributed by atoms with E-state index in [1.807, 2.05) is 10.1 Å². The average molecular weight is 428 g/mol. The van der Waals surface area contributed by atoms with Crippen molar-refractivity contribution in [1.82, 2.24) is 5.43 Å². The van der Waals surface area contributed by atoms with Gasteiger partial charge in [0.1, 0.15) is 0 Å². The van der Waals surface area contributed by atoms with Gasteiger partial charge in [0.2, 0.25) is 0 Å². The maximum absolute atomic E-state index is 12.9. The van der Waals surface area contributed by atoms with Crippen molar-refractivity contribution in [3.05, 3.63) is 57.6 Å². The molecule has 1 amide bonds. The van der Waals surface area contributed by atoms with E-state index in [9.17, 15) is 26.4 Å². The van der Waals surface area contributed by atoms with Gasteiger partial charge in [-0.2, -0.15) is 13.2 Å². The van der Waals surface area contributed by atoms with Crippen molar-refractivity contribution in [2.45, 2.75) is 11.1 Å². The van der Waals surface area contributed by atoms with Crippen LogP contribution in [0.2, 0.25) is 10.0 Å². The Balaban J connectivity index is 2.51. The van der Waals surface area contributed by atoms with E-state index in [-0.39, 0.29) is 16.3 Å². The van der Waals surface area contributed by atoms with Crippen LogP contribution in [0.5, 0.6) is 0 Å². The molecule has 26 heavy (non-hydrogen) atoms. The molecule has 140 valence electrons. The predicted molar refractivity (Wildman–Crippen MR) is 90.4 cm³/mol. The fourth-order valence-corrected chi connectivity index (χ4v) is 3.46. The Morgan fingerprint density at radius 2 is 1.73 bits per heavy atom. The topological polar surface area (TPSA) is 101 Å². The van der Waals surface area contributed by atoms with Crippen LogP contribution in [-0.4, -0.2) is 14.3 Å². The zero-order chi connectivity index (χ0) is 19.7. The normalized spacial score (nSPS) is 11.9. The summed E-state index contributed by atoms with van der Waals surface area (Å²) < 4.78 is 65.7. The largest absolute Gasteiger partial charge is 0.417 e. The molecule has 0 aliphatic rings. The van der Waals surface area contributed by atoms with Crippen LogP contribution in [0.1, 0.15) is 15.9 Å². The maximum atomic E-state index is 12.9. The number of nitrogen functional groups attached to an aromatic ring is 1. The lowest BCUT2D eigenvalue weighted by Crippen LogP contribution is -2.31.